The van der Waals surface area contributed by atoms with Crippen molar-refractivity contribution in [1.29, 1.82) is 0 Å². The second-order valence-electron chi connectivity index (χ2n) is 4.05. The van der Waals surface area contributed by atoms with Crippen molar-refractivity contribution in [3.05, 3.63) is 62.8 Å². The molecule has 7 heteroatoms. The SMILES string of the molecule is O=C(O)c1cc(Cl)ccc1NC(=O)c1cccc(F)c1Br. The van der Waals surface area contributed by atoms with Crippen LogP contribution in [0.5, 0.6) is 0 Å². The van der Waals surface area contributed by atoms with E-state index in [1.165, 1.54) is 36.4 Å². The highest BCUT2D eigenvalue weighted by molar-refractivity contribution is 9.10. The molecule has 2 rings (SSSR count). The molecule has 1 amide bonds. The molecule has 2 aromatic carbocycles. The summed E-state index contributed by atoms with van der Waals surface area (Å²) < 4.78 is 13.4. The second kappa shape index (κ2) is 6.24. The van der Waals surface area contributed by atoms with Crippen molar-refractivity contribution in [2.45, 2.75) is 0 Å². The summed E-state index contributed by atoms with van der Waals surface area (Å²) in [5.41, 5.74) is -0.0160. The zero-order valence-electron chi connectivity index (χ0n) is 10.4. The number of aromatic carboxylic acids is 1. The number of anilines is 1. The number of amides is 1. The van der Waals surface area contributed by atoms with Gasteiger partial charge in [0.15, 0.2) is 0 Å². The lowest BCUT2D eigenvalue weighted by molar-refractivity contribution is 0.0698. The number of benzene rings is 2. The number of carbonyl (C=O) groups excluding carboxylic acids is 1. The molecule has 0 fully saturated rings. The molecule has 0 aliphatic rings. The van der Waals surface area contributed by atoms with E-state index in [0.717, 1.165) is 0 Å². The van der Waals surface area contributed by atoms with E-state index < -0.39 is 17.7 Å². The fraction of sp³-hybridized carbons (Fsp3) is 0. The molecule has 0 aromatic heterocycles. The molecule has 4 nitrogen and oxygen atoms in total. The quantitative estimate of drug-likeness (QED) is 0.849. The fourth-order valence-corrected chi connectivity index (χ4v) is 2.29. The maximum Gasteiger partial charge on any atom is 0.337 e. The molecule has 21 heavy (non-hydrogen) atoms. The summed E-state index contributed by atoms with van der Waals surface area (Å²) in [4.78, 5) is 23.2. The van der Waals surface area contributed by atoms with Crippen LogP contribution in [0.1, 0.15) is 20.7 Å². The maximum atomic E-state index is 13.4. The lowest BCUT2D eigenvalue weighted by Gasteiger charge is -2.10. The summed E-state index contributed by atoms with van der Waals surface area (Å²) in [5.74, 6) is -2.45. The van der Waals surface area contributed by atoms with Gasteiger partial charge in [-0.2, -0.15) is 0 Å². The second-order valence-corrected chi connectivity index (χ2v) is 5.28. The average Bonchev–Trinajstić information content (AvgIpc) is 2.43. The molecular weight excluding hydrogens is 365 g/mol. The monoisotopic (exact) mass is 371 g/mol. The maximum absolute atomic E-state index is 13.4. The molecule has 0 unspecified atom stereocenters. The van der Waals surface area contributed by atoms with Gasteiger partial charge in [-0.15, -0.1) is 0 Å². The molecular formula is C14H8BrClFNO3. The Hall–Kier alpha value is -1.92. The van der Waals surface area contributed by atoms with Crippen LogP contribution in [0.3, 0.4) is 0 Å². The van der Waals surface area contributed by atoms with Crippen molar-refractivity contribution < 1.29 is 19.1 Å². The van der Waals surface area contributed by atoms with Gasteiger partial charge in [-0.05, 0) is 46.3 Å². The number of carboxylic acid groups (broad SMARTS) is 1. The Kier molecular flexibility index (Phi) is 4.59. The van der Waals surface area contributed by atoms with Crippen molar-refractivity contribution in [3.8, 4) is 0 Å². The van der Waals surface area contributed by atoms with Crippen LogP contribution in [-0.2, 0) is 0 Å². The van der Waals surface area contributed by atoms with Crippen LogP contribution in [0.15, 0.2) is 40.9 Å². The number of carboxylic acids is 1. The van der Waals surface area contributed by atoms with Crippen LogP contribution in [0.25, 0.3) is 0 Å². The molecule has 0 aliphatic carbocycles. The van der Waals surface area contributed by atoms with E-state index in [2.05, 4.69) is 21.2 Å². The lowest BCUT2D eigenvalue weighted by Crippen LogP contribution is -2.15. The van der Waals surface area contributed by atoms with Gasteiger partial charge in [-0.25, -0.2) is 9.18 Å². The third-order valence-corrected chi connectivity index (χ3v) is 3.70. The van der Waals surface area contributed by atoms with E-state index in [9.17, 15) is 14.0 Å². The standard InChI is InChI=1S/C14H8BrClFNO3/c15-12-8(2-1-3-10(12)17)13(19)18-11-5-4-7(16)6-9(11)14(20)21/h1-6H,(H,18,19)(H,20,21). The van der Waals surface area contributed by atoms with E-state index in [1.54, 1.807) is 0 Å². The summed E-state index contributed by atoms with van der Waals surface area (Å²) in [6.45, 7) is 0. The van der Waals surface area contributed by atoms with Crippen LogP contribution < -0.4 is 5.32 Å². The molecule has 108 valence electrons. The Morgan fingerprint density at radius 3 is 2.57 bits per heavy atom. The molecule has 0 atom stereocenters. The summed E-state index contributed by atoms with van der Waals surface area (Å²) in [6, 6.07) is 8.04. The minimum Gasteiger partial charge on any atom is -0.478 e. The predicted molar refractivity (Wildman–Crippen MR) is 80.5 cm³/mol. The van der Waals surface area contributed by atoms with Gasteiger partial charge in [-0.1, -0.05) is 17.7 Å². The van der Waals surface area contributed by atoms with Gasteiger partial charge in [0.05, 0.1) is 21.3 Å². The van der Waals surface area contributed by atoms with Gasteiger partial charge in [-0.3, -0.25) is 4.79 Å². The molecule has 2 aromatic rings. The molecule has 2 N–H and O–H groups in total. The fourth-order valence-electron chi connectivity index (χ4n) is 1.67. The molecule has 0 heterocycles. The van der Waals surface area contributed by atoms with Gasteiger partial charge < -0.3 is 10.4 Å². The number of carbonyl (C=O) groups is 2. The van der Waals surface area contributed by atoms with Crippen molar-refractivity contribution in [3.63, 3.8) is 0 Å². The molecule has 0 spiro atoms. The van der Waals surface area contributed by atoms with Gasteiger partial charge in [0.25, 0.3) is 5.91 Å². The first-order valence-corrected chi connectivity index (χ1v) is 6.85. The number of nitrogens with one attached hydrogen (secondary N) is 1. The number of halogens is 3. The highest BCUT2D eigenvalue weighted by Gasteiger charge is 2.17. The van der Waals surface area contributed by atoms with E-state index >= 15 is 0 Å². The van der Waals surface area contributed by atoms with Crippen LogP contribution >= 0.6 is 27.5 Å². The first-order chi connectivity index (χ1) is 9.90. The zero-order chi connectivity index (χ0) is 15.6. The Morgan fingerprint density at radius 1 is 1.19 bits per heavy atom. The molecule has 0 bridgehead atoms. The van der Waals surface area contributed by atoms with Crippen molar-refractivity contribution in [2.24, 2.45) is 0 Å². The smallest absolute Gasteiger partial charge is 0.337 e. The van der Waals surface area contributed by atoms with Gasteiger partial charge in [0.1, 0.15) is 5.82 Å². The average molecular weight is 373 g/mol. The normalized spacial score (nSPS) is 10.2. The molecule has 0 saturated carbocycles. The lowest BCUT2D eigenvalue weighted by atomic mass is 10.1. The Morgan fingerprint density at radius 2 is 1.90 bits per heavy atom. The molecule has 0 aliphatic heterocycles. The van der Waals surface area contributed by atoms with Gasteiger partial charge in [0, 0.05) is 5.02 Å². The minimum atomic E-state index is -1.23. The van der Waals surface area contributed by atoms with Crippen LogP contribution in [0.4, 0.5) is 10.1 Å². The summed E-state index contributed by atoms with van der Waals surface area (Å²) in [6.07, 6.45) is 0. The zero-order valence-corrected chi connectivity index (χ0v) is 12.7. The number of hydrogen-bond donors (Lipinski definition) is 2. The van der Waals surface area contributed by atoms with Gasteiger partial charge in [0.2, 0.25) is 0 Å². The van der Waals surface area contributed by atoms with E-state index in [-0.39, 0.29) is 26.3 Å². The van der Waals surface area contributed by atoms with Gasteiger partial charge >= 0.3 is 5.97 Å². The predicted octanol–water partition coefficient (Wildman–Crippen LogP) is 4.19. The highest BCUT2D eigenvalue weighted by Crippen LogP contribution is 2.24. The van der Waals surface area contributed by atoms with Crippen molar-refractivity contribution in [1.82, 2.24) is 0 Å². The van der Waals surface area contributed by atoms with E-state index in [1.807, 2.05) is 0 Å². The number of hydrogen-bond acceptors (Lipinski definition) is 2. The summed E-state index contributed by atoms with van der Waals surface area (Å²) >= 11 is 8.71. The largest absolute Gasteiger partial charge is 0.478 e. The minimum absolute atomic E-state index is 0.00772. The van der Waals surface area contributed by atoms with Crippen molar-refractivity contribution >= 4 is 45.1 Å². The molecule has 0 saturated heterocycles. The van der Waals surface area contributed by atoms with E-state index in [4.69, 9.17) is 16.7 Å². The Balaban J connectivity index is 2.36. The topological polar surface area (TPSA) is 66.4 Å². The summed E-state index contributed by atoms with van der Waals surface area (Å²) in [7, 11) is 0. The van der Waals surface area contributed by atoms with Crippen LogP contribution in [-0.4, -0.2) is 17.0 Å². The third-order valence-electron chi connectivity index (χ3n) is 2.66. The Labute approximate surface area is 132 Å². The first-order valence-electron chi connectivity index (χ1n) is 5.68. The van der Waals surface area contributed by atoms with E-state index in [0.29, 0.717) is 0 Å². The summed E-state index contributed by atoms with van der Waals surface area (Å²) in [5, 5.41) is 11.8. The number of rotatable bonds is 3. The van der Waals surface area contributed by atoms with Crippen molar-refractivity contribution in [2.75, 3.05) is 5.32 Å². The third kappa shape index (κ3) is 3.40. The first kappa shape index (κ1) is 15.5. The van der Waals surface area contributed by atoms with Crippen LogP contribution in [0, 0.1) is 5.82 Å². The highest BCUT2D eigenvalue weighted by atomic mass is 79.9. The Bertz CT molecular complexity index is 736. The molecule has 0 radical (unpaired) electrons. The van der Waals surface area contributed by atoms with Crippen LogP contribution in [0.2, 0.25) is 5.02 Å².